The van der Waals surface area contributed by atoms with Gasteiger partial charge in [0.1, 0.15) is 16.1 Å². The number of nitrogens with zero attached hydrogens (tertiary/aromatic N) is 5. The van der Waals surface area contributed by atoms with E-state index in [1.807, 2.05) is 12.1 Å². The summed E-state index contributed by atoms with van der Waals surface area (Å²) >= 11 is 13.0. The molecule has 0 atom stereocenters. The van der Waals surface area contributed by atoms with E-state index < -0.39 is 10.3 Å². The Kier molecular flexibility index (Phi) is 6.47. The summed E-state index contributed by atoms with van der Waals surface area (Å²) in [5, 5.41) is 7.58. The van der Waals surface area contributed by atoms with Gasteiger partial charge in [-0.05, 0) is 42.3 Å². The topological polar surface area (TPSA) is 105 Å². The van der Waals surface area contributed by atoms with Gasteiger partial charge in [-0.3, -0.25) is 4.68 Å². The number of thiol groups is 1. The van der Waals surface area contributed by atoms with Gasteiger partial charge < -0.3 is 14.9 Å². The number of halogens is 2. The van der Waals surface area contributed by atoms with Crippen molar-refractivity contribution >= 4 is 45.0 Å². The largest absolute Gasteiger partial charge is 0.354 e. The fourth-order valence-electron chi connectivity index (χ4n) is 3.58. The van der Waals surface area contributed by atoms with E-state index in [2.05, 4.69) is 29.6 Å². The van der Waals surface area contributed by atoms with E-state index in [9.17, 15) is 9.12 Å². The zero-order valence-corrected chi connectivity index (χ0v) is 20.0. The second-order valence-corrected chi connectivity index (χ2v) is 10.3. The van der Waals surface area contributed by atoms with Gasteiger partial charge >= 0.3 is 0 Å². The molecule has 0 bridgehead atoms. The van der Waals surface area contributed by atoms with Crippen molar-refractivity contribution < 1.29 is 4.21 Å². The number of anilines is 2. The lowest BCUT2D eigenvalue weighted by Crippen LogP contribution is -2.43. The van der Waals surface area contributed by atoms with Crippen molar-refractivity contribution in [2.45, 2.75) is 11.8 Å². The van der Waals surface area contributed by atoms with Gasteiger partial charge in [-0.25, -0.2) is 9.19 Å². The Morgan fingerprint density at radius 2 is 1.84 bits per heavy atom. The molecule has 170 valence electrons. The van der Waals surface area contributed by atoms with Gasteiger partial charge in [0.15, 0.2) is 0 Å². The molecule has 3 aromatic rings. The molecule has 1 fully saturated rings. The van der Waals surface area contributed by atoms with Gasteiger partial charge in [-0.1, -0.05) is 23.2 Å². The quantitative estimate of drug-likeness (QED) is 0.356. The van der Waals surface area contributed by atoms with Gasteiger partial charge in [0.25, 0.3) is 0 Å². The minimum Gasteiger partial charge on any atom is -0.354 e. The first-order valence-corrected chi connectivity index (χ1v) is 12.4. The Labute approximate surface area is 196 Å². The third kappa shape index (κ3) is 4.36. The molecular formula is C20H23Cl2N7O2S. The maximum absolute atomic E-state index is 13.4. The van der Waals surface area contributed by atoms with Crippen molar-refractivity contribution in [3.05, 3.63) is 57.3 Å². The van der Waals surface area contributed by atoms with Crippen LogP contribution >= 0.6 is 23.2 Å². The van der Waals surface area contributed by atoms with E-state index in [-0.39, 0.29) is 14.9 Å². The Morgan fingerprint density at radius 1 is 1.16 bits per heavy atom. The third-order valence-electron chi connectivity index (χ3n) is 5.46. The molecule has 0 aliphatic carbocycles. The smallest absolute Gasteiger partial charge is 0.129 e. The van der Waals surface area contributed by atoms with Gasteiger partial charge in [0.2, 0.25) is 0 Å². The highest BCUT2D eigenvalue weighted by molar-refractivity contribution is 8.03. The molecule has 1 aliphatic heterocycles. The fourth-order valence-corrected chi connectivity index (χ4v) is 6.24. The van der Waals surface area contributed by atoms with Crippen LogP contribution in [0.2, 0.25) is 10.0 Å². The lowest BCUT2D eigenvalue weighted by Gasteiger charge is -2.28. The van der Waals surface area contributed by atoms with E-state index in [0.717, 1.165) is 43.1 Å². The normalized spacial score (nSPS) is 14.9. The summed E-state index contributed by atoms with van der Waals surface area (Å²) in [6.07, 6.45) is 3.20. The minimum absolute atomic E-state index is 0.0285. The predicted molar refractivity (Wildman–Crippen MR) is 130 cm³/mol. The Hall–Kier alpha value is -2.53. The Balaban J connectivity index is 1.70. The van der Waals surface area contributed by atoms with E-state index in [4.69, 9.17) is 23.2 Å². The van der Waals surface area contributed by atoms with Crippen molar-refractivity contribution in [1.82, 2.24) is 20.1 Å². The molecular weight excluding hydrogens is 473 g/mol. The van der Waals surface area contributed by atoms with E-state index >= 15 is 0 Å². The first kappa shape index (κ1) is 22.7. The average molecular weight is 496 g/mol. The second-order valence-electron chi connectivity index (χ2n) is 7.47. The number of aromatic nitrogens is 3. The molecule has 12 heteroatoms. The number of aryl methyl sites for hydroxylation is 1. The van der Waals surface area contributed by atoms with Crippen molar-refractivity contribution in [1.29, 1.82) is 0 Å². The zero-order chi connectivity index (χ0) is 22.9. The number of hydrogen-bond donors (Lipinski definition) is 3. The van der Waals surface area contributed by atoms with Crippen LogP contribution in [0.5, 0.6) is 0 Å². The van der Waals surface area contributed by atoms with Crippen molar-refractivity contribution in [2.75, 3.05) is 35.8 Å². The van der Waals surface area contributed by atoms with Crippen LogP contribution in [-0.2, 0) is 17.4 Å². The van der Waals surface area contributed by atoms with Gasteiger partial charge in [0, 0.05) is 44.0 Å². The monoisotopic (exact) mass is 495 g/mol. The van der Waals surface area contributed by atoms with Crippen LogP contribution in [0.1, 0.15) is 5.69 Å². The number of benzene rings is 1. The van der Waals surface area contributed by atoms with Gasteiger partial charge in [-0.15, -0.1) is 4.91 Å². The molecule has 1 aliphatic rings. The second kappa shape index (κ2) is 9.14. The highest BCUT2D eigenvalue weighted by Gasteiger charge is 2.27. The molecule has 2 aromatic heterocycles. The average Bonchev–Trinajstić information content (AvgIpc) is 3.11. The summed E-state index contributed by atoms with van der Waals surface area (Å²) in [5.74, 6) is 0.856. The highest BCUT2D eigenvalue weighted by atomic mass is 35.5. The number of rotatable bonds is 6. The van der Waals surface area contributed by atoms with Crippen LogP contribution in [0.3, 0.4) is 0 Å². The van der Waals surface area contributed by atoms with E-state index in [1.54, 1.807) is 37.0 Å². The lowest BCUT2D eigenvalue weighted by molar-refractivity contribution is 0.585. The number of pyridine rings is 1. The minimum atomic E-state index is -4.03. The van der Waals surface area contributed by atoms with E-state index in [0.29, 0.717) is 11.4 Å². The molecule has 32 heavy (non-hydrogen) atoms. The molecule has 0 radical (unpaired) electrons. The predicted octanol–water partition coefficient (Wildman–Crippen LogP) is 3.59. The summed E-state index contributed by atoms with van der Waals surface area (Å²) < 4.78 is 20.6. The molecule has 1 saturated heterocycles. The third-order valence-corrected chi connectivity index (χ3v) is 8.18. The van der Waals surface area contributed by atoms with Crippen molar-refractivity contribution in [2.24, 2.45) is 11.6 Å². The Bertz CT molecular complexity index is 1190. The fraction of sp³-hybridized carbons (Fsp3) is 0.300. The molecule has 0 unspecified atom stereocenters. The zero-order valence-electron chi connectivity index (χ0n) is 17.5. The van der Waals surface area contributed by atoms with E-state index in [1.165, 1.54) is 6.20 Å². The molecule has 1 aromatic carbocycles. The molecule has 4 rings (SSSR count). The SMILES string of the molecule is Cc1c(N[SH](=O)(N=O)c2c(Cl)cc(-c3ccnc(N4CCNCC4)c3)cc2Cl)cnn1C. The molecule has 0 amide bonds. The number of hydrogen-bond acceptors (Lipinski definition) is 6. The first-order chi connectivity index (χ1) is 15.3. The summed E-state index contributed by atoms with van der Waals surface area (Å²) in [7, 11) is -2.30. The van der Waals surface area contributed by atoms with Crippen LogP contribution < -0.4 is 14.9 Å². The van der Waals surface area contributed by atoms with Crippen LogP contribution in [0.4, 0.5) is 11.5 Å². The number of piperazine rings is 1. The summed E-state index contributed by atoms with van der Waals surface area (Å²) in [4.78, 5) is 18.3. The van der Waals surface area contributed by atoms with Crippen molar-refractivity contribution in [3.63, 3.8) is 0 Å². The van der Waals surface area contributed by atoms with Gasteiger partial charge in [-0.2, -0.15) is 5.10 Å². The standard InChI is InChI=1S/C20H23Cl2N7O2S/c1-13-18(12-25-28(13)2)26-32(31,27-30)20-16(21)9-15(10-17(20)22)14-3-4-24-19(11-14)29-7-5-23-6-8-29/h3-4,9-12,23,32H,5-8H2,1-2H3,(H,26,31). The Morgan fingerprint density at radius 3 is 2.44 bits per heavy atom. The summed E-state index contributed by atoms with van der Waals surface area (Å²) in [6, 6.07) is 7.08. The molecule has 0 saturated carbocycles. The molecule has 2 N–H and O–H groups in total. The van der Waals surface area contributed by atoms with Crippen LogP contribution in [0, 0.1) is 11.8 Å². The summed E-state index contributed by atoms with van der Waals surface area (Å²) in [5.41, 5.74) is 2.68. The number of nitrogens with one attached hydrogen (secondary N) is 2. The van der Waals surface area contributed by atoms with Crippen LogP contribution in [-0.4, -0.2) is 45.2 Å². The maximum atomic E-state index is 13.4. The van der Waals surface area contributed by atoms with Crippen LogP contribution in [0.15, 0.2) is 46.1 Å². The number of nitroso groups, excluding NO2 is 1. The molecule has 9 nitrogen and oxygen atoms in total. The van der Waals surface area contributed by atoms with Crippen LogP contribution in [0.25, 0.3) is 11.1 Å². The summed E-state index contributed by atoms with van der Waals surface area (Å²) in [6.45, 7) is 5.30. The van der Waals surface area contributed by atoms with Gasteiger partial charge in [0.05, 0.1) is 32.5 Å². The highest BCUT2D eigenvalue weighted by Crippen LogP contribution is 2.39. The molecule has 3 heterocycles. The van der Waals surface area contributed by atoms with Crippen molar-refractivity contribution in [3.8, 4) is 11.1 Å². The maximum Gasteiger partial charge on any atom is 0.129 e. The lowest BCUT2D eigenvalue weighted by atomic mass is 10.1. The molecule has 0 spiro atoms. The first-order valence-electron chi connectivity index (χ1n) is 9.96.